The number of benzene rings is 3. The molecule has 1 aliphatic heterocycles. The van der Waals surface area contributed by atoms with E-state index in [9.17, 15) is 24.8 Å². The molecule has 1 atom stereocenters. The first kappa shape index (κ1) is 25.4. The number of Topliss-reactive ketones (excluding diaryl/α,β-unsaturated/α-hetero) is 1. The summed E-state index contributed by atoms with van der Waals surface area (Å²) >= 11 is 0. The third-order valence-corrected chi connectivity index (χ3v) is 5.75. The third kappa shape index (κ3) is 5.16. The minimum Gasteiger partial charge on any atom is -0.507 e. The second kappa shape index (κ2) is 10.5. The van der Waals surface area contributed by atoms with Crippen molar-refractivity contribution >= 4 is 28.8 Å². The topological polar surface area (TPSA) is 119 Å². The molecule has 3 aromatic carbocycles. The largest absolute Gasteiger partial charge is 0.507 e. The van der Waals surface area contributed by atoms with Crippen molar-refractivity contribution in [3.63, 3.8) is 0 Å². The molecule has 9 heteroatoms. The number of anilines is 1. The second-order valence-corrected chi connectivity index (χ2v) is 8.64. The van der Waals surface area contributed by atoms with Crippen LogP contribution >= 0.6 is 0 Å². The lowest BCUT2D eigenvalue weighted by Gasteiger charge is -2.26. The van der Waals surface area contributed by atoms with Gasteiger partial charge in [0.25, 0.3) is 17.4 Å². The van der Waals surface area contributed by atoms with Gasteiger partial charge in [0.15, 0.2) is 0 Å². The molecule has 0 aromatic heterocycles. The summed E-state index contributed by atoms with van der Waals surface area (Å²) in [6.45, 7) is 6.02. The van der Waals surface area contributed by atoms with Crippen LogP contribution in [0.1, 0.15) is 37.9 Å². The van der Waals surface area contributed by atoms with Crippen LogP contribution in [0.15, 0.2) is 78.4 Å². The summed E-state index contributed by atoms with van der Waals surface area (Å²) in [5.41, 5.74) is 0.826. The van der Waals surface area contributed by atoms with E-state index in [-0.39, 0.29) is 22.9 Å². The van der Waals surface area contributed by atoms with Crippen LogP contribution in [0.3, 0.4) is 0 Å². The first-order valence-corrected chi connectivity index (χ1v) is 11.8. The Morgan fingerprint density at radius 2 is 1.70 bits per heavy atom. The molecule has 1 N–H and O–H groups in total. The average Bonchev–Trinajstić information content (AvgIpc) is 3.14. The number of carbonyl (C=O) groups is 2. The predicted molar refractivity (Wildman–Crippen MR) is 138 cm³/mol. The number of nitro benzene ring substituents is 1. The number of non-ortho nitro benzene ring substituents is 1. The molecule has 3 aromatic rings. The van der Waals surface area contributed by atoms with Crippen LogP contribution in [-0.4, -0.2) is 34.4 Å². The van der Waals surface area contributed by atoms with Gasteiger partial charge in [0.1, 0.15) is 17.3 Å². The Hall–Kier alpha value is -4.66. The summed E-state index contributed by atoms with van der Waals surface area (Å²) in [4.78, 5) is 38.5. The maximum Gasteiger partial charge on any atom is 0.300 e. The van der Waals surface area contributed by atoms with E-state index in [2.05, 4.69) is 0 Å². The lowest BCUT2D eigenvalue weighted by molar-refractivity contribution is -0.384. The number of amides is 1. The number of ether oxygens (including phenoxy) is 2. The van der Waals surface area contributed by atoms with Crippen LogP contribution in [0, 0.1) is 10.1 Å². The van der Waals surface area contributed by atoms with E-state index >= 15 is 0 Å². The lowest BCUT2D eigenvalue weighted by atomic mass is 9.95. The molecule has 0 saturated carbocycles. The molecule has 1 heterocycles. The monoisotopic (exact) mass is 502 g/mol. The minimum atomic E-state index is -0.984. The number of hydrogen-bond donors (Lipinski definition) is 1. The SMILES string of the molecule is CCOc1cccc(N2C(=O)C(=O)/C(=C(/O)c3ccc([N+](=O)[O-])cc3)C2c2cccc(OC(C)C)c2)c1. The van der Waals surface area contributed by atoms with Crippen molar-refractivity contribution in [1.29, 1.82) is 0 Å². The predicted octanol–water partition coefficient (Wildman–Crippen LogP) is 5.41. The van der Waals surface area contributed by atoms with Gasteiger partial charge in [-0.05, 0) is 62.7 Å². The molecule has 37 heavy (non-hydrogen) atoms. The molecule has 0 aliphatic carbocycles. The van der Waals surface area contributed by atoms with Gasteiger partial charge in [0.05, 0.1) is 29.2 Å². The molecule has 1 saturated heterocycles. The summed E-state index contributed by atoms with van der Waals surface area (Å²) < 4.78 is 11.4. The van der Waals surface area contributed by atoms with E-state index in [4.69, 9.17) is 9.47 Å². The van der Waals surface area contributed by atoms with Gasteiger partial charge in [-0.2, -0.15) is 0 Å². The number of carbonyl (C=O) groups excluding carboxylic acids is 2. The van der Waals surface area contributed by atoms with Gasteiger partial charge in [0.2, 0.25) is 0 Å². The molecule has 1 unspecified atom stereocenters. The van der Waals surface area contributed by atoms with E-state index in [1.807, 2.05) is 20.8 Å². The first-order valence-electron chi connectivity index (χ1n) is 11.8. The average molecular weight is 503 g/mol. The number of nitrogens with zero attached hydrogens (tertiary/aromatic N) is 2. The standard InChI is InChI=1S/C28H26N2O7/c1-4-36-22-9-6-8-21(16-22)29-25(19-7-5-10-23(15-19)37-17(2)3)24(27(32)28(29)33)26(31)18-11-13-20(14-12-18)30(34)35/h5-17,25,31H,4H2,1-3H3/b26-24+. The van der Waals surface area contributed by atoms with E-state index in [1.54, 1.807) is 48.5 Å². The highest BCUT2D eigenvalue weighted by Crippen LogP contribution is 2.43. The molecule has 0 bridgehead atoms. The summed E-state index contributed by atoms with van der Waals surface area (Å²) in [6.07, 6.45) is -0.107. The smallest absolute Gasteiger partial charge is 0.300 e. The zero-order valence-corrected chi connectivity index (χ0v) is 20.6. The van der Waals surface area contributed by atoms with Crippen LogP contribution in [0.2, 0.25) is 0 Å². The Labute approximate surface area is 213 Å². The molecule has 4 rings (SSSR count). The summed E-state index contributed by atoms with van der Waals surface area (Å²) in [7, 11) is 0. The number of aliphatic hydroxyl groups excluding tert-OH is 1. The van der Waals surface area contributed by atoms with Gasteiger partial charge in [-0.15, -0.1) is 0 Å². The van der Waals surface area contributed by atoms with Crippen LogP contribution in [-0.2, 0) is 9.59 Å². The summed E-state index contributed by atoms with van der Waals surface area (Å²) in [6, 6.07) is 17.9. The summed E-state index contributed by atoms with van der Waals surface area (Å²) in [5.74, 6) is -1.07. The number of nitro groups is 1. The van der Waals surface area contributed by atoms with Gasteiger partial charge in [-0.25, -0.2) is 0 Å². The molecular weight excluding hydrogens is 476 g/mol. The van der Waals surface area contributed by atoms with Gasteiger partial charge in [-0.3, -0.25) is 24.6 Å². The summed E-state index contributed by atoms with van der Waals surface area (Å²) in [5, 5.41) is 22.3. The van der Waals surface area contributed by atoms with Crippen LogP contribution in [0.5, 0.6) is 11.5 Å². The molecule has 0 spiro atoms. The van der Waals surface area contributed by atoms with Crippen molar-refractivity contribution in [3.8, 4) is 11.5 Å². The Morgan fingerprint density at radius 1 is 1.03 bits per heavy atom. The Balaban J connectivity index is 1.91. The van der Waals surface area contributed by atoms with Crippen LogP contribution in [0.4, 0.5) is 11.4 Å². The number of ketones is 1. The number of aliphatic hydroxyl groups is 1. The second-order valence-electron chi connectivity index (χ2n) is 8.64. The highest BCUT2D eigenvalue weighted by atomic mass is 16.6. The molecular formula is C28H26N2O7. The normalized spacial score (nSPS) is 16.8. The zero-order valence-electron chi connectivity index (χ0n) is 20.6. The zero-order chi connectivity index (χ0) is 26.7. The van der Waals surface area contributed by atoms with Crippen molar-refractivity contribution in [1.82, 2.24) is 0 Å². The lowest BCUT2D eigenvalue weighted by Crippen LogP contribution is -2.29. The first-order chi connectivity index (χ1) is 17.7. The number of hydrogen-bond acceptors (Lipinski definition) is 7. The molecule has 1 fully saturated rings. The van der Waals surface area contributed by atoms with Crippen LogP contribution < -0.4 is 14.4 Å². The molecule has 190 valence electrons. The maximum absolute atomic E-state index is 13.4. The molecule has 9 nitrogen and oxygen atoms in total. The fraction of sp³-hybridized carbons (Fsp3) is 0.214. The van der Waals surface area contributed by atoms with Gasteiger partial charge in [-0.1, -0.05) is 18.2 Å². The van der Waals surface area contributed by atoms with Gasteiger partial charge in [0, 0.05) is 29.4 Å². The van der Waals surface area contributed by atoms with Crippen molar-refractivity contribution in [2.75, 3.05) is 11.5 Å². The van der Waals surface area contributed by atoms with E-state index in [0.717, 1.165) is 0 Å². The highest BCUT2D eigenvalue weighted by Gasteiger charge is 2.47. The highest BCUT2D eigenvalue weighted by molar-refractivity contribution is 6.51. The molecule has 1 amide bonds. The molecule has 0 radical (unpaired) electrons. The van der Waals surface area contributed by atoms with Crippen molar-refractivity contribution in [2.45, 2.75) is 32.9 Å². The van der Waals surface area contributed by atoms with E-state index in [1.165, 1.54) is 29.2 Å². The van der Waals surface area contributed by atoms with Gasteiger partial charge >= 0.3 is 0 Å². The third-order valence-electron chi connectivity index (χ3n) is 5.75. The fourth-order valence-corrected chi connectivity index (χ4v) is 4.23. The Kier molecular flexibility index (Phi) is 7.24. The van der Waals surface area contributed by atoms with Crippen molar-refractivity contribution in [3.05, 3.63) is 99.6 Å². The Bertz CT molecular complexity index is 1380. The molecule has 1 aliphatic rings. The minimum absolute atomic E-state index is 0.107. The van der Waals surface area contributed by atoms with Crippen molar-refractivity contribution in [2.24, 2.45) is 0 Å². The van der Waals surface area contributed by atoms with E-state index in [0.29, 0.717) is 29.4 Å². The van der Waals surface area contributed by atoms with E-state index < -0.39 is 28.4 Å². The fourth-order valence-electron chi connectivity index (χ4n) is 4.23. The maximum atomic E-state index is 13.4. The quantitative estimate of drug-likeness (QED) is 0.144. The number of rotatable bonds is 8. The van der Waals surface area contributed by atoms with Crippen molar-refractivity contribution < 1.29 is 29.1 Å². The van der Waals surface area contributed by atoms with Gasteiger partial charge < -0.3 is 14.6 Å². The Morgan fingerprint density at radius 3 is 2.35 bits per heavy atom. The van der Waals surface area contributed by atoms with Crippen LogP contribution in [0.25, 0.3) is 5.76 Å².